The number of phenolic OH excluding ortho intramolecular Hbond substituents is 1. The SMILES string of the molecule is Cc1cc(Cl)c(O)c(Cl)c1C. The minimum absolute atomic E-state index is 0.0311. The third-order valence-corrected chi connectivity index (χ3v) is 2.45. The monoisotopic (exact) mass is 190 g/mol. The van der Waals surface area contributed by atoms with E-state index >= 15 is 0 Å². The Labute approximate surface area is 75.6 Å². The van der Waals surface area contributed by atoms with Crippen LogP contribution in [0, 0.1) is 13.8 Å². The largest absolute Gasteiger partial charge is 0.505 e. The molecule has 0 saturated carbocycles. The van der Waals surface area contributed by atoms with Crippen LogP contribution in [0.3, 0.4) is 0 Å². The topological polar surface area (TPSA) is 20.2 Å². The summed E-state index contributed by atoms with van der Waals surface area (Å²) in [5.41, 5.74) is 1.85. The Morgan fingerprint density at radius 3 is 2.36 bits per heavy atom. The van der Waals surface area contributed by atoms with Gasteiger partial charge in [0.1, 0.15) is 0 Å². The number of benzene rings is 1. The number of aryl methyl sites for hydroxylation is 1. The van der Waals surface area contributed by atoms with Crippen LogP contribution >= 0.6 is 23.2 Å². The van der Waals surface area contributed by atoms with Crippen molar-refractivity contribution in [1.29, 1.82) is 0 Å². The quantitative estimate of drug-likeness (QED) is 0.666. The van der Waals surface area contributed by atoms with Gasteiger partial charge in [-0.05, 0) is 31.0 Å². The first-order chi connectivity index (χ1) is 5.04. The Bertz CT molecular complexity index is 268. The fraction of sp³-hybridized carbons (Fsp3) is 0.250. The van der Waals surface area contributed by atoms with Crippen molar-refractivity contribution in [3.8, 4) is 5.75 Å². The molecule has 0 amide bonds. The zero-order valence-corrected chi connectivity index (χ0v) is 7.79. The van der Waals surface area contributed by atoms with Crippen molar-refractivity contribution in [2.24, 2.45) is 0 Å². The first-order valence-electron chi connectivity index (χ1n) is 3.18. The molecule has 0 heterocycles. The summed E-state index contributed by atoms with van der Waals surface area (Å²) < 4.78 is 0. The van der Waals surface area contributed by atoms with Gasteiger partial charge < -0.3 is 5.11 Å². The fourth-order valence-electron chi connectivity index (χ4n) is 0.822. The summed E-state index contributed by atoms with van der Waals surface area (Å²) >= 11 is 11.4. The third-order valence-electron chi connectivity index (χ3n) is 1.70. The highest BCUT2D eigenvalue weighted by molar-refractivity contribution is 6.37. The molecule has 0 atom stereocenters. The smallest absolute Gasteiger partial charge is 0.153 e. The van der Waals surface area contributed by atoms with Crippen molar-refractivity contribution in [3.63, 3.8) is 0 Å². The van der Waals surface area contributed by atoms with Crippen molar-refractivity contribution in [1.82, 2.24) is 0 Å². The maximum absolute atomic E-state index is 9.25. The summed E-state index contributed by atoms with van der Waals surface area (Å²) in [7, 11) is 0. The van der Waals surface area contributed by atoms with E-state index in [2.05, 4.69) is 0 Å². The molecule has 0 aliphatic carbocycles. The zero-order valence-electron chi connectivity index (χ0n) is 6.28. The second-order valence-corrected chi connectivity index (χ2v) is 3.25. The van der Waals surface area contributed by atoms with Gasteiger partial charge in [0.15, 0.2) is 5.75 Å². The molecule has 1 nitrogen and oxygen atoms in total. The minimum atomic E-state index is -0.0311. The first kappa shape index (κ1) is 8.69. The molecule has 0 saturated heterocycles. The van der Waals surface area contributed by atoms with Crippen molar-refractivity contribution in [2.75, 3.05) is 0 Å². The Balaban J connectivity index is 3.46. The molecule has 1 rings (SSSR count). The van der Waals surface area contributed by atoms with E-state index in [0.29, 0.717) is 10.0 Å². The second kappa shape index (κ2) is 2.92. The summed E-state index contributed by atoms with van der Waals surface area (Å²) in [5, 5.41) is 9.89. The minimum Gasteiger partial charge on any atom is -0.505 e. The van der Waals surface area contributed by atoms with Crippen molar-refractivity contribution >= 4 is 23.2 Å². The van der Waals surface area contributed by atoms with Gasteiger partial charge in [-0.25, -0.2) is 0 Å². The molecule has 0 fully saturated rings. The molecule has 0 aliphatic heterocycles. The third kappa shape index (κ3) is 1.44. The molecule has 3 heteroatoms. The summed E-state index contributed by atoms with van der Waals surface area (Å²) in [4.78, 5) is 0. The van der Waals surface area contributed by atoms with Crippen molar-refractivity contribution < 1.29 is 5.11 Å². The standard InChI is InChI=1S/C8H8Cl2O/c1-4-3-6(9)8(11)7(10)5(4)2/h3,11H,1-2H3. The number of halogens is 2. The van der Waals surface area contributed by atoms with Crippen LogP contribution in [0.5, 0.6) is 5.75 Å². The van der Waals surface area contributed by atoms with Crippen LogP contribution in [0.25, 0.3) is 0 Å². The van der Waals surface area contributed by atoms with Crippen LogP contribution < -0.4 is 0 Å². The fourth-order valence-corrected chi connectivity index (χ4v) is 1.38. The van der Waals surface area contributed by atoms with Gasteiger partial charge in [0.05, 0.1) is 10.0 Å². The van der Waals surface area contributed by atoms with Crippen molar-refractivity contribution in [2.45, 2.75) is 13.8 Å². The lowest BCUT2D eigenvalue weighted by molar-refractivity contribution is 0.475. The Kier molecular flexibility index (Phi) is 2.31. The molecular weight excluding hydrogens is 183 g/mol. The lowest BCUT2D eigenvalue weighted by Gasteiger charge is -2.05. The number of hydrogen-bond acceptors (Lipinski definition) is 1. The van der Waals surface area contributed by atoms with Crippen LogP contribution in [0.2, 0.25) is 10.0 Å². The average Bonchev–Trinajstić information content (AvgIpc) is 1.97. The van der Waals surface area contributed by atoms with Crippen LogP contribution in [0.1, 0.15) is 11.1 Å². The van der Waals surface area contributed by atoms with E-state index in [1.165, 1.54) is 0 Å². The molecule has 1 N–H and O–H groups in total. The molecule has 0 spiro atoms. The van der Waals surface area contributed by atoms with Gasteiger partial charge in [-0.3, -0.25) is 0 Å². The Hall–Kier alpha value is -0.400. The molecule has 1 aromatic rings. The van der Waals surface area contributed by atoms with E-state index in [-0.39, 0.29) is 5.75 Å². The maximum atomic E-state index is 9.25. The Morgan fingerprint density at radius 2 is 1.82 bits per heavy atom. The molecule has 11 heavy (non-hydrogen) atoms. The summed E-state index contributed by atoms with van der Waals surface area (Å²) in [6.45, 7) is 3.74. The first-order valence-corrected chi connectivity index (χ1v) is 3.93. The molecule has 0 aliphatic rings. The highest BCUT2D eigenvalue weighted by atomic mass is 35.5. The maximum Gasteiger partial charge on any atom is 0.153 e. The van der Waals surface area contributed by atoms with E-state index < -0.39 is 0 Å². The highest BCUT2D eigenvalue weighted by Gasteiger charge is 2.08. The van der Waals surface area contributed by atoms with Gasteiger partial charge in [0, 0.05) is 0 Å². The van der Waals surface area contributed by atoms with Gasteiger partial charge in [0.2, 0.25) is 0 Å². The lowest BCUT2D eigenvalue weighted by Crippen LogP contribution is -1.83. The highest BCUT2D eigenvalue weighted by Crippen LogP contribution is 2.35. The van der Waals surface area contributed by atoms with Gasteiger partial charge >= 0.3 is 0 Å². The summed E-state index contributed by atoms with van der Waals surface area (Å²) in [5.74, 6) is -0.0311. The number of hydrogen-bond donors (Lipinski definition) is 1. The molecule has 0 radical (unpaired) electrons. The van der Waals surface area contributed by atoms with Crippen LogP contribution in [-0.2, 0) is 0 Å². The molecule has 1 aromatic carbocycles. The average molecular weight is 191 g/mol. The lowest BCUT2D eigenvalue weighted by atomic mass is 10.1. The molecule has 60 valence electrons. The normalized spacial score (nSPS) is 10.2. The predicted octanol–water partition coefficient (Wildman–Crippen LogP) is 3.32. The van der Waals surface area contributed by atoms with E-state index in [1.54, 1.807) is 6.07 Å². The summed E-state index contributed by atoms with van der Waals surface area (Å²) in [6.07, 6.45) is 0. The molecule has 0 unspecified atom stereocenters. The van der Waals surface area contributed by atoms with Crippen LogP contribution in [0.15, 0.2) is 6.07 Å². The van der Waals surface area contributed by atoms with E-state index in [1.807, 2.05) is 13.8 Å². The summed E-state index contributed by atoms with van der Waals surface area (Å²) in [6, 6.07) is 1.69. The molecule has 0 bridgehead atoms. The predicted molar refractivity (Wildman–Crippen MR) is 47.6 cm³/mol. The van der Waals surface area contributed by atoms with Crippen LogP contribution in [0.4, 0.5) is 0 Å². The van der Waals surface area contributed by atoms with Gasteiger partial charge in [-0.1, -0.05) is 23.2 Å². The van der Waals surface area contributed by atoms with E-state index in [9.17, 15) is 5.11 Å². The van der Waals surface area contributed by atoms with Gasteiger partial charge in [-0.2, -0.15) is 0 Å². The van der Waals surface area contributed by atoms with Crippen molar-refractivity contribution in [3.05, 3.63) is 27.2 Å². The number of phenols is 1. The molecular formula is C8H8Cl2O. The van der Waals surface area contributed by atoms with Gasteiger partial charge in [0.25, 0.3) is 0 Å². The number of aromatic hydroxyl groups is 1. The second-order valence-electron chi connectivity index (χ2n) is 2.46. The molecule has 0 aromatic heterocycles. The zero-order chi connectivity index (χ0) is 8.59. The van der Waals surface area contributed by atoms with E-state index in [0.717, 1.165) is 11.1 Å². The Morgan fingerprint density at radius 1 is 1.27 bits per heavy atom. The van der Waals surface area contributed by atoms with Crippen LogP contribution in [-0.4, -0.2) is 5.11 Å². The number of rotatable bonds is 0. The van der Waals surface area contributed by atoms with Gasteiger partial charge in [-0.15, -0.1) is 0 Å². The van der Waals surface area contributed by atoms with E-state index in [4.69, 9.17) is 23.2 Å².